The third kappa shape index (κ3) is 4.65. The van der Waals surface area contributed by atoms with Crippen LogP contribution in [-0.2, 0) is 15.2 Å². The first-order valence-electron chi connectivity index (χ1n) is 8.05. The SMILES string of the molecule is Cc1ccc(NC(=O)C(=O)NCC(O)(c2ccccc2)C(F)(F)F)c(C)c1. The van der Waals surface area contributed by atoms with E-state index in [1.54, 1.807) is 25.1 Å². The van der Waals surface area contributed by atoms with Crippen molar-refractivity contribution in [2.75, 3.05) is 11.9 Å². The van der Waals surface area contributed by atoms with Gasteiger partial charge in [0.25, 0.3) is 0 Å². The summed E-state index contributed by atoms with van der Waals surface area (Å²) >= 11 is 0. The van der Waals surface area contributed by atoms with Crippen molar-refractivity contribution < 1.29 is 27.9 Å². The molecule has 1 unspecified atom stereocenters. The van der Waals surface area contributed by atoms with Crippen LogP contribution in [-0.4, -0.2) is 29.6 Å². The number of halogens is 3. The highest BCUT2D eigenvalue weighted by molar-refractivity contribution is 6.39. The Kier molecular flexibility index (Phi) is 5.90. The molecule has 0 radical (unpaired) electrons. The van der Waals surface area contributed by atoms with Gasteiger partial charge >= 0.3 is 18.0 Å². The number of rotatable bonds is 4. The van der Waals surface area contributed by atoms with Crippen LogP contribution in [0.3, 0.4) is 0 Å². The molecule has 0 bridgehead atoms. The molecule has 0 aliphatic carbocycles. The number of benzene rings is 2. The van der Waals surface area contributed by atoms with Crippen LogP contribution < -0.4 is 10.6 Å². The van der Waals surface area contributed by atoms with Crippen LogP contribution in [0.4, 0.5) is 18.9 Å². The van der Waals surface area contributed by atoms with Crippen LogP contribution >= 0.6 is 0 Å². The molecule has 2 aromatic rings. The Balaban J connectivity index is 2.10. The highest BCUT2D eigenvalue weighted by Crippen LogP contribution is 2.38. The molecule has 0 fully saturated rings. The molecule has 0 aromatic heterocycles. The number of alkyl halides is 3. The van der Waals surface area contributed by atoms with Crippen LogP contribution in [0.25, 0.3) is 0 Å². The number of hydrogen-bond acceptors (Lipinski definition) is 3. The molecule has 0 aliphatic rings. The van der Waals surface area contributed by atoms with E-state index < -0.39 is 35.7 Å². The Morgan fingerprint density at radius 2 is 1.63 bits per heavy atom. The van der Waals surface area contributed by atoms with E-state index in [2.05, 4.69) is 5.32 Å². The second kappa shape index (κ2) is 7.79. The summed E-state index contributed by atoms with van der Waals surface area (Å²) in [5, 5.41) is 14.3. The van der Waals surface area contributed by atoms with E-state index in [0.717, 1.165) is 17.7 Å². The van der Waals surface area contributed by atoms with Crippen molar-refractivity contribution in [1.29, 1.82) is 0 Å². The van der Waals surface area contributed by atoms with Crippen molar-refractivity contribution in [3.05, 3.63) is 65.2 Å². The lowest BCUT2D eigenvalue weighted by molar-refractivity contribution is -0.264. The highest BCUT2D eigenvalue weighted by atomic mass is 19.4. The number of anilines is 1. The first-order chi connectivity index (χ1) is 12.5. The average Bonchev–Trinajstić information content (AvgIpc) is 2.61. The predicted octanol–water partition coefficient (Wildman–Crippen LogP) is 2.81. The summed E-state index contributed by atoms with van der Waals surface area (Å²) in [5.41, 5.74) is -1.73. The molecule has 0 saturated carbocycles. The lowest BCUT2D eigenvalue weighted by Crippen LogP contribution is -2.52. The van der Waals surface area contributed by atoms with Crippen LogP contribution in [0.15, 0.2) is 48.5 Å². The molecule has 1 atom stereocenters. The summed E-state index contributed by atoms with van der Waals surface area (Å²) in [4.78, 5) is 23.9. The van der Waals surface area contributed by atoms with Crippen molar-refractivity contribution in [3.8, 4) is 0 Å². The summed E-state index contributed by atoms with van der Waals surface area (Å²) in [6.07, 6.45) is -5.05. The third-order valence-corrected chi connectivity index (χ3v) is 4.06. The van der Waals surface area contributed by atoms with Gasteiger partial charge in [0, 0.05) is 5.69 Å². The number of aryl methyl sites for hydroxylation is 2. The first-order valence-corrected chi connectivity index (χ1v) is 8.05. The number of aliphatic hydroxyl groups is 1. The average molecular weight is 380 g/mol. The van der Waals surface area contributed by atoms with E-state index in [4.69, 9.17) is 0 Å². The first kappa shape index (κ1) is 20.4. The summed E-state index contributed by atoms with van der Waals surface area (Å²) in [6, 6.07) is 11.4. The Morgan fingerprint density at radius 1 is 1.00 bits per heavy atom. The molecule has 27 heavy (non-hydrogen) atoms. The molecule has 2 rings (SSSR count). The predicted molar refractivity (Wildman–Crippen MR) is 93.9 cm³/mol. The van der Waals surface area contributed by atoms with Crippen LogP contribution in [0.2, 0.25) is 0 Å². The van der Waals surface area contributed by atoms with Crippen molar-refractivity contribution in [2.45, 2.75) is 25.6 Å². The Labute approximate surface area is 154 Å². The van der Waals surface area contributed by atoms with Gasteiger partial charge in [0.15, 0.2) is 0 Å². The molecule has 144 valence electrons. The van der Waals surface area contributed by atoms with Gasteiger partial charge in [-0.3, -0.25) is 9.59 Å². The highest BCUT2D eigenvalue weighted by Gasteiger charge is 2.55. The fourth-order valence-electron chi connectivity index (χ4n) is 2.50. The summed E-state index contributed by atoms with van der Waals surface area (Å²) in [5.74, 6) is -2.41. The molecule has 8 heteroatoms. The second-order valence-corrected chi connectivity index (χ2v) is 6.18. The molecule has 2 amide bonds. The van der Waals surface area contributed by atoms with Crippen molar-refractivity contribution >= 4 is 17.5 Å². The van der Waals surface area contributed by atoms with Crippen LogP contribution in [0.5, 0.6) is 0 Å². The molecule has 0 saturated heterocycles. The number of carbonyl (C=O) groups excluding carboxylic acids is 2. The topological polar surface area (TPSA) is 78.4 Å². The van der Waals surface area contributed by atoms with Gasteiger partial charge in [-0.15, -0.1) is 0 Å². The third-order valence-electron chi connectivity index (χ3n) is 4.06. The Bertz CT molecular complexity index is 838. The van der Waals surface area contributed by atoms with Crippen LogP contribution in [0.1, 0.15) is 16.7 Å². The van der Waals surface area contributed by atoms with Gasteiger partial charge in [-0.25, -0.2) is 0 Å². The van der Waals surface area contributed by atoms with E-state index >= 15 is 0 Å². The molecule has 0 heterocycles. The van der Waals surface area contributed by atoms with Gasteiger partial charge in [-0.05, 0) is 31.0 Å². The monoisotopic (exact) mass is 380 g/mol. The van der Waals surface area contributed by atoms with E-state index in [0.29, 0.717) is 11.3 Å². The Morgan fingerprint density at radius 3 is 2.19 bits per heavy atom. The van der Waals surface area contributed by atoms with Gasteiger partial charge in [0.2, 0.25) is 5.60 Å². The van der Waals surface area contributed by atoms with Crippen LogP contribution in [0, 0.1) is 13.8 Å². The molecular formula is C19H19F3N2O3. The van der Waals surface area contributed by atoms with Gasteiger partial charge in [-0.2, -0.15) is 13.2 Å². The van der Waals surface area contributed by atoms with E-state index in [1.807, 2.05) is 12.2 Å². The number of hydrogen-bond donors (Lipinski definition) is 3. The fourth-order valence-corrected chi connectivity index (χ4v) is 2.50. The second-order valence-electron chi connectivity index (χ2n) is 6.18. The molecule has 5 nitrogen and oxygen atoms in total. The minimum Gasteiger partial charge on any atom is -0.375 e. The minimum absolute atomic E-state index is 0.370. The molecular weight excluding hydrogens is 361 g/mol. The minimum atomic E-state index is -5.05. The fraction of sp³-hybridized carbons (Fsp3) is 0.263. The zero-order valence-corrected chi connectivity index (χ0v) is 14.7. The standard InChI is InChI=1S/C19H19F3N2O3/c1-12-8-9-15(13(2)10-12)24-17(26)16(25)23-11-18(27,19(20,21)22)14-6-4-3-5-7-14/h3-10,27H,11H2,1-2H3,(H,23,25)(H,24,26). The zero-order valence-electron chi connectivity index (χ0n) is 14.7. The largest absolute Gasteiger partial charge is 0.423 e. The smallest absolute Gasteiger partial charge is 0.375 e. The zero-order chi connectivity index (χ0) is 20.2. The number of nitrogens with one attached hydrogen (secondary N) is 2. The lowest BCUT2D eigenvalue weighted by atomic mass is 9.93. The van der Waals surface area contributed by atoms with Gasteiger partial charge in [0.1, 0.15) is 0 Å². The molecule has 0 spiro atoms. The normalized spacial score (nSPS) is 13.6. The molecule has 0 aliphatic heterocycles. The number of amides is 2. The van der Waals surface area contributed by atoms with Crippen molar-refractivity contribution in [1.82, 2.24) is 5.32 Å². The van der Waals surface area contributed by atoms with Gasteiger partial charge in [-0.1, -0.05) is 48.0 Å². The molecule has 2 aromatic carbocycles. The maximum Gasteiger partial charge on any atom is 0.423 e. The molecule has 3 N–H and O–H groups in total. The quantitative estimate of drug-likeness (QED) is 0.714. The van der Waals surface area contributed by atoms with E-state index in [-0.39, 0.29) is 0 Å². The number of carbonyl (C=O) groups is 2. The summed E-state index contributed by atoms with van der Waals surface area (Å²) in [7, 11) is 0. The van der Waals surface area contributed by atoms with Crippen molar-refractivity contribution in [3.63, 3.8) is 0 Å². The Hall–Kier alpha value is -2.87. The van der Waals surface area contributed by atoms with E-state index in [1.165, 1.54) is 18.2 Å². The van der Waals surface area contributed by atoms with E-state index in [9.17, 15) is 27.9 Å². The van der Waals surface area contributed by atoms with Crippen molar-refractivity contribution in [2.24, 2.45) is 0 Å². The van der Waals surface area contributed by atoms with Gasteiger partial charge < -0.3 is 15.7 Å². The summed E-state index contributed by atoms with van der Waals surface area (Å²) in [6.45, 7) is 2.38. The maximum atomic E-state index is 13.4. The maximum absolute atomic E-state index is 13.4. The van der Waals surface area contributed by atoms with Gasteiger partial charge in [0.05, 0.1) is 6.54 Å². The summed E-state index contributed by atoms with van der Waals surface area (Å²) < 4.78 is 40.1. The lowest BCUT2D eigenvalue weighted by Gasteiger charge is -2.31.